The van der Waals surface area contributed by atoms with Gasteiger partial charge in [-0.15, -0.1) is 0 Å². The van der Waals surface area contributed by atoms with Crippen molar-refractivity contribution in [2.45, 2.75) is 13.5 Å². The zero-order valence-electron chi connectivity index (χ0n) is 19.5. The number of carbonyl (C=O) groups is 1. The molecule has 2 N–H and O–H groups in total. The van der Waals surface area contributed by atoms with Crippen LogP contribution >= 0.6 is 11.6 Å². The highest BCUT2D eigenvalue weighted by Crippen LogP contribution is 2.23. The largest absolute Gasteiger partial charge is 0.489 e. The molecule has 1 amide bonds. The number of rotatable bonds is 7. The van der Waals surface area contributed by atoms with Crippen LogP contribution in [0.4, 0.5) is 0 Å². The standard InChI is InChI=1S/C29H23ClN4O2/c1-19(22-11-10-20-6-2-3-7-23(20)16-22)31-34-29(35)28-17-27(32-33-28)21-12-14-25(15-13-21)36-18-24-8-4-5-9-26(24)30/h2-17H,18H2,1H3,(H,32,33)(H,34,35)/b31-19-. The molecule has 0 aliphatic carbocycles. The summed E-state index contributed by atoms with van der Waals surface area (Å²) in [7, 11) is 0. The van der Waals surface area contributed by atoms with Crippen LogP contribution in [0, 0.1) is 0 Å². The quantitative estimate of drug-likeness (QED) is 0.197. The third-order valence-corrected chi connectivity index (χ3v) is 6.19. The van der Waals surface area contributed by atoms with Gasteiger partial charge in [0.1, 0.15) is 18.1 Å². The molecule has 0 atom stereocenters. The number of carbonyl (C=O) groups excluding carboxylic acids is 1. The number of nitrogens with zero attached hydrogens (tertiary/aromatic N) is 2. The highest BCUT2D eigenvalue weighted by molar-refractivity contribution is 6.31. The van der Waals surface area contributed by atoms with Crippen molar-refractivity contribution in [3.63, 3.8) is 0 Å². The summed E-state index contributed by atoms with van der Waals surface area (Å²) in [5, 5.41) is 14.3. The molecule has 1 heterocycles. The number of nitrogens with one attached hydrogen (secondary N) is 2. The molecule has 0 aliphatic heterocycles. The molecule has 0 unspecified atom stereocenters. The van der Waals surface area contributed by atoms with Gasteiger partial charge in [0.05, 0.1) is 11.4 Å². The zero-order valence-corrected chi connectivity index (χ0v) is 20.3. The van der Waals surface area contributed by atoms with E-state index in [1.807, 2.05) is 85.8 Å². The first kappa shape index (κ1) is 23.3. The molecule has 5 aromatic rings. The second-order valence-electron chi connectivity index (χ2n) is 8.27. The Kier molecular flexibility index (Phi) is 6.78. The summed E-state index contributed by atoms with van der Waals surface area (Å²) in [6.07, 6.45) is 0. The van der Waals surface area contributed by atoms with Crippen LogP contribution in [0.5, 0.6) is 5.75 Å². The summed E-state index contributed by atoms with van der Waals surface area (Å²) in [6.45, 7) is 2.24. The molecule has 1 aromatic heterocycles. The number of fused-ring (bicyclic) bond motifs is 1. The number of hydrazone groups is 1. The van der Waals surface area contributed by atoms with E-state index in [0.717, 1.165) is 27.5 Å². The molecule has 0 bridgehead atoms. The van der Waals surface area contributed by atoms with Gasteiger partial charge in [0, 0.05) is 16.1 Å². The zero-order chi connectivity index (χ0) is 24.9. The Labute approximate surface area is 213 Å². The molecule has 4 aromatic carbocycles. The number of aromatic amines is 1. The van der Waals surface area contributed by atoms with Crippen molar-refractivity contribution >= 4 is 34.0 Å². The maximum Gasteiger partial charge on any atom is 0.289 e. The fourth-order valence-electron chi connectivity index (χ4n) is 3.76. The number of halogens is 1. The predicted molar refractivity (Wildman–Crippen MR) is 143 cm³/mol. The van der Waals surface area contributed by atoms with Crippen molar-refractivity contribution in [2.75, 3.05) is 0 Å². The minimum atomic E-state index is -0.367. The summed E-state index contributed by atoms with van der Waals surface area (Å²) < 4.78 is 5.83. The van der Waals surface area contributed by atoms with Gasteiger partial charge in [-0.2, -0.15) is 10.2 Å². The van der Waals surface area contributed by atoms with Gasteiger partial charge in [-0.1, -0.05) is 66.2 Å². The molecule has 0 saturated heterocycles. The van der Waals surface area contributed by atoms with Crippen LogP contribution in [0.15, 0.2) is 102 Å². The van der Waals surface area contributed by atoms with Gasteiger partial charge < -0.3 is 4.74 Å². The second kappa shape index (κ2) is 10.5. The molecule has 36 heavy (non-hydrogen) atoms. The Hall–Kier alpha value is -4.42. The average Bonchev–Trinajstić information content (AvgIpc) is 3.42. The van der Waals surface area contributed by atoms with Crippen LogP contribution in [0.3, 0.4) is 0 Å². The van der Waals surface area contributed by atoms with Crippen LogP contribution in [0.2, 0.25) is 5.02 Å². The van der Waals surface area contributed by atoms with Crippen molar-refractivity contribution in [3.05, 3.63) is 119 Å². The Morgan fingerprint density at radius 3 is 2.50 bits per heavy atom. The third kappa shape index (κ3) is 5.29. The second-order valence-corrected chi connectivity index (χ2v) is 8.68. The highest BCUT2D eigenvalue weighted by atomic mass is 35.5. The SMILES string of the molecule is C/C(=N/NC(=O)c1cc(-c2ccc(OCc3ccccc3Cl)cc2)n[nH]1)c1ccc2ccccc2c1. The van der Waals surface area contributed by atoms with Crippen LogP contribution in [0.1, 0.15) is 28.5 Å². The van der Waals surface area contributed by atoms with E-state index >= 15 is 0 Å². The number of benzene rings is 4. The van der Waals surface area contributed by atoms with Crippen LogP contribution in [-0.2, 0) is 6.61 Å². The van der Waals surface area contributed by atoms with E-state index in [1.165, 1.54) is 0 Å². The fraction of sp³-hybridized carbons (Fsp3) is 0.0690. The number of amides is 1. The van der Waals surface area contributed by atoms with Gasteiger partial charge >= 0.3 is 0 Å². The van der Waals surface area contributed by atoms with E-state index < -0.39 is 0 Å². The molecule has 0 radical (unpaired) electrons. The van der Waals surface area contributed by atoms with Crippen LogP contribution in [0.25, 0.3) is 22.0 Å². The smallest absolute Gasteiger partial charge is 0.289 e. The molecular formula is C29H23ClN4O2. The van der Waals surface area contributed by atoms with Crippen LogP contribution < -0.4 is 10.2 Å². The Morgan fingerprint density at radius 1 is 0.944 bits per heavy atom. The third-order valence-electron chi connectivity index (χ3n) is 5.82. The molecule has 5 rings (SSSR count). The number of aromatic nitrogens is 2. The van der Waals surface area contributed by atoms with Crippen molar-refractivity contribution in [3.8, 4) is 17.0 Å². The maximum absolute atomic E-state index is 12.6. The topological polar surface area (TPSA) is 79.4 Å². The highest BCUT2D eigenvalue weighted by Gasteiger charge is 2.11. The lowest BCUT2D eigenvalue weighted by Gasteiger charge is -2.08. The first-order valence-corrected chi connectivity index (χ1v) is 11.8. The van der Waals surface area contributed by atoms with Gasteiger partial charge in [-0.05, 0) is 65.7 Å². The molecule has 6 nitrogen and oxygen atoms in total. The summed E-state index contributed by atoms with van der Waals surface area (Å²) >= 11 is 6.18. The van der Waals surface area contributed by atoms with Gasteiger partial charge in [0.25, 0.3) is 5.91 Å². The average molecular weight is 495 g/mol. The normalized spacial score (nSPS) is 11.4. The minimum Gasteiger partial charge on any atom is -0.489 e. The van der Waals surface area contributed by atoms with E-state index in [0.29, 0.717) is 34.5 Å². The molecule has 178 valence electrons. The monoisotopic (exact) mass is 494 g/mol. The molecular weight excluding hydrogens is 472 g/mol. The number of hydrogen-bond acceptors (Lipinski definition) is 4. The van der Waals surface area contributed by atoms with Crippen molar-refractivity contribution < 1.29 is 9.53 Å². The van der Waals surface area contributed by atoms with E-state index in [1.54, 1.807) is 6.07 Å². The van der Waals surface area contributed by atoms with Gasteiger partial charge in [-0.3, -0.25) is 9.89 Å². The van der Waals surface area contributed by atoms with Crippen molar-refractivity contribution in [1.82, 2.24) is 15.6 Å². The fourth-order valence-corrected chi connectivity index (χ4v) is 3.95. The molecule has 7 heteroatoms. The summed E-state index contributed by atoms with van der Waals surface area (Å²) in [6, 6.07) is 31.0. The number of hydrogen-bond donors (Lipinski definition) is 2. The van der Waals surface area contributed by atoms with Crippen molar-refractivity contribution in [1.29, 1.82) is 0 Å². The minimum absolute atomic E-state index is 0.319. The van der Waals surface area contributed by atoms with E-state index in [9.17, 15) is 4.79 Å². The van der Waals surface area contributed by atoms with Crippen LogP contribution in [-0.4, -0.2) is 21.8 Å². The van der Waals surface area contributed by atoms with Gasteiger partial charge in [-0.25, -0.2) is 5.43 Å². The Bertz CT molecular complexity index is 1560. The van der Waals surface area contributed by atoms with Gasteiger partial charge in [0.15, 0.2) is 0 Å². The lowest BCUT2D eigenvalue weighted by Crippen LogP contribution is -2.19. The van der Waals surface area contributed by atoms with E-state index in [4.69, 9.17) is 16.3 Å². The predicted octanol–water partition coefficient (Wildman–Crippen LogP) is 6.62. The maximum atomic E-state index is 12.6. The lowest BCUT2D eigenvalue weighted by molar-refractivity contribution is 0.0950. The first-order chi connectivity index (χ1) is 17.6. The number of H-pyrrole nitrogens is 1. The van der Waals surface area contributed by atoms with Gasteiger partial charge in [0.2, 0.25) is 0 Å². The van der Waals surface area contributed by atoms with E-state index in [-0.39, 0.29) is 5.91 Å². The molecule has 0 spiro atoms. The summed E-state index contributed by atoms with van der Waals surface area (Å²) in [5.41, 5.74) is 6.99. The van der Waals surface area contributed by atoms with E-state index in [2.05, 4.69) is 32.9 Å². The Morgan fingerprint density at radius 2 is 1.69 bits per heavy atom. The summed E-state index contributed by atoms with van der Waals surface area (Å²) in [4.78, 5) is 12.6. The Balaban J connectivity index is 1.21. The molecule has 0 saturated carbocycles. The first-order valence-electron chi connectivity index (χ1n) is 11.4. The van der Waals surface area contributed by atoms with Crippen molar-refractivity contribution in [2.24, 2.45) is 5.10 Å². The molecule has 0 aliphatic rings. The molecule has 0 fully saturated rings. The lowest BCUT2D eigenvalue weighted by atomic mass is 10.0. The number of ether oxygens (including phenoxy) is 1. The summed E-state index contributed by atoms with van der Waals surface area (Å²) in [5.74, 6) is 0.347.